The van der Waals surface area contributed by atoms with Crippen molar-refractivity contribution in [3.63, 3.8) is 0 Å². The number of rotatable bonds is 4. The van der Waals surface area contributed by atoms with Crippen LogP contribution in [0.25, 0.3) is 0 Å². The third kappa shape index (κ3) is 3.27. The van der Waals surface area contributed by atoms with Crippen LogP contribution in [0, 0.1) is 0 Å². The summed E-state index contributed by atoms with van der Waals surface area (Å²) in [4.78, 5) is 17.0. The van der Waals surface area contributed by atoms with E-state index in [1.54, 1.807) is 13.1 Å². The molecule has 3 N–H and O–H groups in total. The van der Waals surface area contributed by atoms with Crippen molar-refractivity contribution in [2.45, 2.75) is 6.42 Å². The number of nitrogens with one attached hydrogen (secondary N) is 1. The van der Waals surface area contributed by atoms with Gasteiger partial charge in [0.2, 0.25) is 5.91 Å². The van der Waals surface area contributed by atoms with E-state index in [0.29, 0.717) is 29.5 Å². The van der Waals surface area contributed by atoms with Gasteiger partial charge in [0.25, 0.3) is 0 Å². The van der Waals surface area contributed by atoms with Gasteiger partial charge in [-0.3, -0.25) is 4.79 Å². The average Bonchev–Trinajstić information content (AvgIpc) is 2.25. The van der Waals surface area contributed by atoms with Gasteiger partial charge in [0.1, 0.15) is 0 Å². The molecule has 6 heteroatoms. The Morgan fingerprint density at radius 2 is 2.38 bits per heavy atom. The second kappa shape index (κ2) is 5.55. The topological polar surface area (TPSA) is 71.2 Å². The van der Waals surface area contributed by atoms with E-state index < -0.39 is 0 Å². The molecule has 88 valence electrons. The van der Waals surface area contributed by atoms with E-state index in [1.807, 2.05) is 11.9 Å². The zero-order valence-corrected chi connectivity index (χ0v) is 10.1. The van der Waals surface area contributed by atoms with Gasteiger partial charge in [-0.2, -0.15) is 0 Å². The maximum Gasteiger partial charge on any atom is 0.221 e. The van der Waals surface area contributed by atoms with Crippen molar-refractivity contribution < 1.29 is 4.79 Å². The molecule has 0 atom stereocenters. The number of halogens is 1. The summed E-state index contributed by atoms with van der Waals surface area (Å²) in [5.74, 6) is 0.618. The van der Waals surface area contributed by atoms with Crippen molar-refractivity contribution in [2.24, 2.45) is 0 Å². The van der Waals surface area contributed by atoms with E-state index in [2.05, 4.69) is 10.3 Å². The lowest BCUT2D eigenvalue weighted by molar-refractivity contribution is -0.120. The SMILES string of the molecule is CNC(=O)CCN(C)c1ncc(Cl)cc1N. The minimum atomic E-state index is -0.0145. The quantitative estimate of drug-likeness (QED) is 0.823. The van der Waals surface area contributed by atoms with Crippen LogP contribution < -0.4 is 16.0 Å². The average molecular weight is 243 g/mol. The van der Waals surface area contributed by atoms with Crippen LogP contribution in [-0.2, 0) is 4.79 Å². The van der Waals surface area contributed by atoms with Gasteiger partial charge in [0, 0.05) is 33.3 Å². The molecule has 1 rings (SSSR count). The Morgan fingerprint density at radius 3 is 2.94 bits per heavy atom. The smallest absolute Gasteiger partial charge is 0.221 e. The van der Waals surface area contributed by atoms with Crippen molar-refractivity contribution in [2.75, 3.05) is 31.3 Å². The predicted octanol–water partition coefficient (Wildman–Crippen LogP) is 0.889. The van der Waals surface area contributed by atoms with Gasteiger partial charge in [-0.1, -0.05) is 11.6 Å². The Morgan fingerprint density at radius 1 is 1.69 bits per heavy atom. The second-order valence-corrected chi connectivity index (χ2v) is 3.85. The van der Waals surface area contributed by atoms with Crippen LogP contribution in [0.15, 0.2) is 12.3 Å². The number of hydrogen-bond donors (Lipinski definition) is 2. The first kappa shape index (κ1) is 12.6. The minimum absolute atomic E-state index is 0.0145. The van der Waals surface area contributed by atoms with E-state index >= 15 is 0 Å². The Balaban J connectivity index is 2.65. The van der Waals surface area contributed by atoms with Crippen LogP contribution in [0.2, 0.25) is 5.02 Å². The highest BCUT2D eigenvalue weighted by atomic mass is 35.5. The maximum absolute atomic E-state index is 11.1. The summed E-state index contributed by atoms with van der Waals surface area (Å²) < 4.78 is 0. The molecule has 0 aliphatic rings. The summed E-state index contributed by atoms with van der Waals surface area (Å²) in [6, 6.07) is 1.64. The Bertz CT molecular complexity index is 383. The van der Waals surface area contributed by atoms with Crippen molar-refractivity contribution in [3.05, 3.63) is 17.3 Å². The monoisotopic (exact) mass is 242 g/mol. The molecule has 0 saturated carbocycles. The van der Waals surface area contributed by atoms with Crippen LogP contribution in [0.5, 0.6) is 0 Å². The van der Waals surface area contributed by atoms with Crippen molar-refractivity contribution in [3.8, 4) is 0 Å². The molecule has 0 aromatic carbocycles. The number of amides is 1. The largest absolute Gasteiger partial charge is 0.396 e. The number of pyridine rings is 1. The molecule has 1 heterocycles. The van der Waals surface area contributed by atoms with Gasteiger partial charge < -0.3 is 16.0 Å². The van der Waals surface area contributed by atoms with Gasteiger partial charge in [-0.15, -0.1) is 0 Å². The number of nitrogens with two attached hydrogens (primary N) is 1. The molecule has 0 aliphatic heterocycles. The number of nitrogens with zero attached hydrogens (tertiary/aromatic N) is 2. The van der Waals surface area contributed by atoms with Crippen LogP contribution >= 0.6 is 11.6 Å². The molecule has 1 aromatic heterocycles. The molecular formula is C10H15ClN4O. The molecule has 0 fully saturated rings. The number of carbonyl (C=O) groups excluding carboxylic acids is 1. The Kier molecular flexibility index (Phi) is 4.37. The van der Waals surface area contributed by atoms with Gasteiger partial charge >= 0.3 is 0 Å². The van der Waals surface area contributed by atoms with Crippen LogP contribution in [0.1, 0.15) is 6.42 Å². The lowest BCUT2D eigenvalue weighted by Gasteiger charge is -2.19. The molecule has 0 saturated heterocycles. The van der Waals surface area contributed by atoms with E-state index in [4.69, 9.17) is 17.3 Å². The molecule has 0 radical (unpaired) electrons. The fraction of sp³-hybridized carbons (Fsp3) is 0.400. The highest BCUT2D eigenvalue weighted by molar-refractivity contribution is 6.30. The molecule has 0 aliphatic carbocycles. The molecule has 1 aromatic rings. The summed E-state index contributed by atoms with van der Waals surface area (Å²) in [5, 5.41) is 3.06. The first-order chi connectivity index (χ1) is 7.54. The van der Waals surface area contributed by atoms with Crippen LogP contribution in [-0.4, -0.2) is 31.5 Å². The zero-order chi connectivity index (χ0) is 12.1. The van der Waals surface area contributed by atoms with Gasteiger partial charge in [-0.25, -0.2) is 4.98 Å². The van der Waals surface area contributed by atoms with E-state index in [1.165, 1.54) is 6.20 Å². The van der Waals surface area contributed by atoms with E-state index in [9.17, 15) is 4.79 Å². The molecular weight excluding hydrogens is 228 g/mol. The predicted molar refractivity (Wildman–Crippen MR) is 65.6 cm³/mol. The van der Waals surface area contributed by atoms with Crippen molar-refractivity contribution in [1.82, 2.24) is 10.3 Å². The lowest BCUT2D eigenvalue weighted by Crippen LogP contribution is -2.27. The highest BCUT2D eigenvalue weighted by Gasteiger charge is 2.08. The first-order valence-corrected chi connectivity index (χ1v) is 5.25. The molecule has 0 bridgehead atoms. The Labute approximate surface area is 99.6 Å². The molecule has 16 heavy (non-hydrogen) atoms. The summed E-state index contributed by atoms with van der Waals surface area (Å²) in [6.07, 6.45) is 1.93. The number of nitrogen functional groups attached to an aromatic ring is 1. The minimum Gasteiger partial charge on any atom is -0.396 e. The number of aromatic nitrogens is 1. The van der Waals surface area contributed by atoms with Gasteiger partial charge in [0.05, 0.1) is 10.7 Å². The van der Waals surface area contributed by atoms with Crippen molar-refractivity contribution in [1.29, 1.82) is 0 Å². The molecule has 5 nitrogen and oxygen atoms in total. The van der Waals surface area contributed by atoms with Crippen molar-refractivity contribution >= 4 is 29.0 Å². The van der Waals surface area contributed by atoms with E-state index in [0.717, 1.165) is 0 Å². The fourth-order valence-corrected chi connectivity index (χ4v) is 1.43. The third-order valence-corrected chi connectivity index (χ3v) is 2.38. The first-order valence-electron chi connectivity index (χ1n) is 4.87. The van der Waals surface area contributed by atoms with E-state index in [-0.39, 0.29) is 5.91 Å². The van der Waals surface area contributed by atoms with Crippen LogP contribution in [0.4, 0.5) is 11.5 Å². The molecule has 0 spiro atoms. The molecule has 1 amide bonds. The maximum atomic E-state index is 11.1. The van der Waals surface area contributed by atoms with Gasteiger partial charge in [0.15, 0.2) is 5.82 Å². The fourth-order valence-electron chi connectivity index (χ4n) is 1.27. The number of carbonyl (C=O) groups is 1. The zero-order valence-electron chi connectivity index (χ0n) is 9.33. The lowest BCUT2D eigenvalue weighted by atomic mass is 10.3. The number of anilines is 2. The third-order valence-electron chi connectivity index (χ3n) is 2.18. The van der Waals surface area contributed by atoms with Crippen LogP contribution in [0.3, 0.4) is 0 Å². The summed E-state index contributed by atoms with van der Waals surface area (Å²) in [6.45, 7) is 0.554. The normalized spacial score (nSPS) is 9.94. The summed E-state index contributed by atoms with van der Waals surface area (Å²) >= 11 is 5.75. The Hall–Kier alpha value is -1.49. The second-order valence-electron chi connectivity index (χ2n) is 3.41. The molecule has 0 unspecified atom stereocenters. The number of hydrogen-bond acceptors (Lipinski definition) is 4. The standard InChI is InChI=1S/C10H15ClN4O/c1-13-9(16)3-4-15(2)10-8(12)5-7(11)6-14-10/h5-6H,3-4,12H2,1-2H3,(H,13,16). The highest BCUT2D eigenvalue weighted by Crippen LogP contribution is 2.22. The summed E-state index contributed by atoms with van der Waals surface area (Å²) in [5.41, 5.74) is 6.28. The van der Waals surface area contributed by atoms with Gasteiger partial charge in [-0.05, 0) is 6.07 Å². The summed E-state index contributed by atoms with van der Waals surface area (Å²) in [7, 11) is 3.44.